The Kier molecular flexibility index (Phi) is 3.34. The van der Waals surface area contributed by atoms with Gasteiger partial charge in [0.2, 0.25) is 5.88 Å². The van der Waals surface area contributed by atoms with Crippen molar-refractivity contribution in [1.82, 2.24) is 10.2 Å². The predicted molar refractivity (Wildman–Crippen MR) is 59.5 cm³/mol. The first kappa shape index (κ1) is 10.9. The Balaban J connectivity index is 2.16. The highest BCUT2D eigenvalue weighted by molar-refractivity contribution is 6.29. The lowest BCUT2D eigenvalue weighted by Crippen LogP contribution is -1.91. The Morgan fingerprint density at radius 3 is 2.75 bits per heavy atom. The molecule has 1 heterocycles. The topological polar surface area (TPSA) is 55.2 Å². The minimum absolute atomic E-state index is 0.0243. The van der Waals surface area contributed by atoms with Crippen LogP contribution in [0.4, 0.5) is 0 Å². The zero-order valence-electron chi connectivity index (χ0n) is 8.30. The van der Waals surface area contributed by atoms with E-state index in [1.807, 2.05) is 0 Å². The third kappa shape index (κ3) is 2.68. The van der Waals surface area contributed by atoms with E-state index in [1.54, 1.807) is 36.4 Å². The fraction of sp³-hybridized carbons (Fsp3) is 0.0909. The molecule has 5 heteroatoms. The Labute approximate surface area is 97.5 Å². The number of nitrogens with zero attached hydrogens (tertiary/aromatic N) is 2. The van der Waals surface area contributed by atoms with Gasteiger partial charge in [0.15, 0.2) is 5.15 Å². The summed E-state index contributed by atoms with van der Waals surface area (Å²) in [5, 5.41) is 16.7. The Hall–Kier alpha value is -1.65. The standard InChI is InChI=1S/C11H9ClN2O2/c12-10-4-5-11(14-13-10)16-9-3-1-2-8(6-9)7-15/h1-6,15H,7H2. The van der Waals surface area contributed by atoms with E-state index in [1.165, 1.54) is 0 Å². The first-order chi connectivity index (χ1) is 7.78. The number of benzene rings is 1. The van der Waals surface area contributed by atoms with Crippen molar-refractivity contribution in [1.29, 1.82) is 0 Å². The fourth-order valence-electron chi connectivity index (χ4n) is 1.19. The molecule has 0 atom stereocenters. The van der Waals surface area contributed by atoms with E-state index in [2.05, 4.69) is 10.2 Å². The minimum atomic E-state index is -0.0243. The zero-order valence-corrected chi connectivity index (χ0v) is 9.05. The lowest BCUT2D eigenvalue weighted by molar-refractivity contribution is 0.281. The number of hydrogen-bond acceptors (Lipinski definition) is 4. The van der Waals surface area contributed by atoms with Crippen LogP contribution in [0, 0.1) is 0 Å². The van der Waals surface area contributed by atoms with E-state index < -0.39 is 0 Å². The van der Waals surface area contributed by atoms with Gasteiger partial charge < -0.3 is 9.84 Å². The van der Waals surface area contributed by atoms with Crippen molar-refractivity contribution in [3.63, 3.8) is 0 Å². The molecule has 0 unspecified atom stereocenters. The molecule has 0 fully saturated rings. The molecule has 0 amide bonds. The highest BCUT2D eigenvalue weighted by Crippen LogP contribution is 2.20. The second kappa shape index (κ2) is 4.92. The summed E-state index contributed by atoms with van der Waals surface area (Å²) in [6, 6.07) is 10.3. The van der Waals surface area contributed by atoms with E-state index >= 15 is 0 Å². The van der Waals surface area contributed by atoms with Crippen LogP contribution in [0.5, 0.6) is 11.6 Å². The van der Waals surface area contributed by atoms with E-state index in [9.17, 15) is 0 Å². The molecule has 0 saturated carbocycles. The number of aromatic nitrogens is 2. The van der Waals surface area contributed by atoms with Gasteiger partial charge in [-0.25, -0.2) is 0 Å². The molecule has 82 valence electrons. The van der Waals surface area contributed by atoms with Crippen molar-refractivity contribution < 1.29 is 9.84 Å². The van der Waals surface area contributed by atoms with E-state index in [0.717, 1.165) is 5.56 Å². The molecule has 4 nitrogen and oxygen atoms in total. The first-order valence-corrected chi connectivity index (χ1v) is 5.02. The third-order valence-corrected chi connectivity index (χ3v) is 2.11. The van der Waals surface area contributed by atoms with Crippen LogP contribution in [0.2, 0.25) is 5.15 Å². The Bertz CT molecular complexity index is 474. The SMILES string of the molecule is OCc1cccc(Oc2ccc(Cl)nn2)c1. The van der Waals surface area contributed by atoms with Crippen LogP contribution < -0.4 is 4.74 Å². The normalized spacial score (nSPS) is 10.1. The monoisotopic (exact) mass is 236 g/mol. The van der Waals surface area contributed by atoms with Crippen LogP contribution >= 0.6 is 11.6 Å². The number of aliphatic hydroxyl groups is 1. The second-order valence-electron chi connectivity index (χ2n) is 3.10. The van der Waals surface area contributed by atoms with E-state index in [0.29, 0.717) is 16.8 Å². The summed E-state index contributed by atoms with van der Waals surface area (Å²) >= 11 is 5.60. The largest absolute Gasteiger partial charge is 0.438 e. The number of rotatable bonds is 3. The molecule has 1 N–H and O–H groups in total. The molecule has 0 aliphatic rings. The van der Waals surface area contributed by atoms with Gasteiger partial charge in [-0.1, -0.05) is 23.7 Å². The van der Waals surface area contributed by atoms with Crippen LogP contribution in [-0.4, -0.2) is 15.3 Å². The first-order valence-electron chi connectivity index (χ1n) is 4.65. The van der Waals surface area contributed by atoms with Crippen LogP contribution in [0.15, 0.2) is 36.4 Å². The molecule has 0 aliphatic heterocycles. The highest BCUT2D eigenvalue weighted by Gasteiger charge is 2.00. The maximum Gasteiger partial charge on any atom is 0.238 e. The van der Waals surface area contributed by atoms with Gasteiger partial charge in [-0.15, -0.1) is 10.2 Å². The lowest BCUT2D eigenvalue weighted by Gasteiger charge is -2.04. The fourth-order valence-corrected chi connectivity index (χ4v) is 1.29. The van der Waals surface area contributed by atoms with Crippen molar-refractivity contribution in [3.8, 4) is 11.6 Å². The number of aliphatic hydroxyl groups excluding tert-OH is 1. The maximum absolute atomic E-state index is 8.96. The third-order valence-electron chi connectivity index (χ3n) is 1.91. The number of halogens is 1. The van der Waals surface area contributed by atoms with Gasteiger partial charge in [-0.2, -0.15) is 0 Å². The second-order valence-corrected chi connectivity index (χ2v) is 3.49. The van der Waals surface area contributed by atoms with E-state index in [4.69, 9.17) is 21.4 Å². The molecular weight excluding hydrogens is 228 g/mol. The molecule has 0 aliphatic carbocycles. The Morgan fingerprint density at radius 1 is 1.19 bits per heavy atom. The molecular formula is C11H9ClN2O2. The number of ether oxygens (including phenoxy) is 1. The average molecular weight is 237 g/mol. The molecule has 1 aromatic carbocycles. The van der Waals surface area contributed by atoms with E-state index in [-0.39, 0.29) is 6.61 Å². The van der Waals surface area contributed by atoms with Gasteiger partial charge in [0, 0.05) is 6.07 Å². The molecule has 0 saturated heterocycles. The van der Waals surface area contributed by atoms with Gasteiger partial charge in [0.1, 0.15) is 5.75 Å². The average Bonchev–Trinajstić information content (AvgIpc) is 2.32. The van der Waals surface area contributed by atoms with Crippen molar-refractivity contribution in [2.75, 3.05) is 0 Å². The zero-order chi connectivity index (χ0) is 11.4. The quantitative estimate of drug-likeness (QED) is 0.889. The van der Waals surface area contributed by atoms with Gasteiger partial charge in [-0.05, 0) is 23.8 Å². The van der Waals surface area contributed by atoms with Crippen molar-refractivity contribution in [2.45, 2.75) is 6.61 Å². The summed E-state index contributed by atoms with van der Waals surface area (Å²) in [5.74, 6) is 0.961. The van der Waals surface area contributed by atoms with Crippen LogP contribution in [0.1, 0.15) is 5.56 Å². The maximum atomic E-state index is 8.96. The van der Waals surface area contributed by atoms with Gasteiger partial charge in [-0.3, -0.25) is 0 Å². The molecule has 2 rings (SSSR count). The summed E-state index contributed by atoms with van der Waals surface area (Å²) in [6.45, 7) is -0.0243. The van der Waals surface area contributed by atoms with Crippen LogP contribution in [-0.2, 0) is 6.61 Å². The van der Waals surface area contributed by atoms with Crippen LogP contribution in [0.25, 0.3) is 0 Å². The molecule has 2 aromatic rings. The summed E-state index contributed by atoms with van der Waals surface area (Å²) < 4.78 is 5.43. The summed E-state index contributed by atoms with van der Waals surface area (Å²) in [4.78, 5) is 0. The molecule has 0 bridgehead atoms. The van der Waals surface area contributed by atoms with Crippen LogP contribution in [0.3, 0.4) is 0 Å². The van der Waals surface area contributed by atoms with Crippen molar-refractivity contribution >= 4 is 11.6 Å². The summed E-state index contributed by atoms with van der Waals surface area (Å²) in [6.07, 6.45) is 0. The summed E-state index contributed by atoms with van der Waals surface area (Å²) in [5.41, 5.74) is 0.777. The van der Waals surface area contributed by atoms with Crippen molar-refractivity contribution in [2.24, 2.45) is 0 Å². The molecule has 0 spiro atoms. The molecule has 0 radical (unpaired) electrons. The summed E-state index contributed by atoms with van der Waals surface area (Å²) in [7, 11) is 0. The molecule has 16 heavy (non-hydrogen) atoms. The predicted octanol–water partition coefficient (Wildman–Crippen LogP) is 2.41. The Morgan fingerprint density at radius 2 is 2.06 bits per heavy atom. The molecule has 1 aromatic heterocycles. The van der Waals surface area contributed by atoms with Crippen molar-refractivity contribution in [3.05, 3.63) is 47.1 Å². The van der Waals surface area contributed by atoms with Gasteiger partial charge >= 0.3 is 0 Å². The highest BCUT2D eigenvalue weighted by atomic mass is 35.5. The van der Waals surface area contributed by atoms with Gasteiger partial charge in [0.05, 0.1) is 6.61 Å². The number of hydrogen-bond donors (Lipinski definition) is 1. The lowest BCUT2D eigenvalue weighted by atomic mass is 10.2. The van der Waals surface area contributed by atoms with Gasteiger partial charge in [0.25, 0.3) is 0 Å². The smallest absolute Gasteiger partial charge is 0.238 e. The minimum Gasteiger partial charge on any atom is -0.438 e.